The second-order valence-electron chi connectivity index (χ2n) is 7.61. The van der Waals surface area contributed by atoms with E-state index in [-0.39, 0.29) is 6.10 Å². The van der Waals surface area contributed by atoms with Gasteiger partial charge in [-0.15, -0.1) is 0 Å². The lowest BCUT2D eigenvalue weighted by molar-refractivity contribution is -0.0285. The van der Waals surface area contributed by atoms with Crippen molar-refractivity contribution < 1.29 is 9.47 Å². The quantitative estimate of drug-likeness (QED) is 0.144. The van der Waals surface area contributed by atoms with Crippen molar-refractivity contribution in [1.82, 2.24) is 0 Å². The Kier molecular flexibility index (Phi) is 9.16. The standard InChI is InChI=1S/C28H31IO2/c1-3-4-7-16-27(21-22-29)31-28(23-12-8-5-9-13-23,24-14-10-6-11-15-24)25-17-19-26(30-2)20-18-25/h5-6,8-15,17-22,27H,3-4,7,16H2,1-2H3. The van der Waals surface area contributed by atoms with Gasteiger partial charge in [0.15, 0.2) is 0 Å². The Morgan fingerprint density at radius 2 is 1.35 bits per heavy atom. The summed E-state index contributed by atoms with van der Waals surface area (Å²) in [6.07, 6.45) is 6.73. The van der Waals surface area contributed by atoms with Crippen LogP contribution in [0.25, 0.3) is 0 Å². The fourth-order valence-corrected chi connectivity index (χ4v) is 4.44. The van der Waals surface area contributed by atoms with E-state index in [1.54, 1.807) is 7.11 Å². The molecule has 2 nitrogen and oxygen atoms in total. The summed E-state index contributed by atoms with van der Waals surface area (Å²) in [5, 5.41) is 0. The monoisotopic (exact) mass is 526 g/mol. The van der Waals surface area contributed by atoms with E-state index < -0.39 is 5.60 Å². The van der Waals surface area contributed by atoms with Gasteiger partial charge in [0.25, 0.3) is 0 Å². The topological polar surface area (TPSA) is 18.5 Å². The fraction of sp³-hybridized carbons (Fsp3) is 0.286. The molecular formula is C28H31IO2. The minimum Gasteiger partial charge on any atom is -0.497 e. The van der Waals surface area contributed by atoms with Gasteiger partial charge in [0, 0.05) is 0 Å². The highest BCUT2D eigenvalue weighted by atomic mass is 127. The minimum atomic E-state index is -0.720. The first-order chi connectivity index (χ1) is 15.2. The molecule has 0 bridgehead atoms. The highest BCUT2D eigenvalue weighted by Gasteiger charge is 2.39. The Bertz CT molecular complexity index is 881. The van der Waals surface area contributed by atoms with E-state index in [1.807, 2.05) is 12.1 Å². The summed E-state index contributed by atoms with van der Waals surface area (Å²) < 4.78 is 14.6. The fourth-order valence-electron chi connectivity index (χ4n) is 3.97. The highest BCUT2D eigenvalue weighted by molar-refractivity contribution is 14.1. The third-order valence-corrected chi connectivity index (χ3v) is 5.98. The molecule has 0 saturated carbocycles. The van der Waals surface area contributed by atoms with Crippen molar-refractivity contribution in [3.8, 4) is 5.75 Å². The number of methoxy groups -OCH3 is 1. The van der Waals surface area contributed by atoms with Gasteiger partial charge < -0.3 is 9.47 Å². The normalized spacial score (nSPS) is 12.7. The highest BCUT2D eigenvalue weighted by Crippen LogP contribution is 2.42. The smallest absolute Gasteiger partial charge is 0.144 e. The Balaban J connectivity index is 2.18. The van der Waals surface area contributed by atoms with Crippen molar-refractivity contribution in [3.63, 3.8) is 0 Å². The van der Waals surface area contributed by atoms with Crippen LogP contribution in [0.1, 0.15) is 49.3 Å². The zero-order chi connectivity index (χ0) is 21.9. The maximum Gasteiger partial charge on any atom is 0.144 e. The molecule has 3 aromatic rings. The molecule has 1 unspecified atom stereocenters. The molecule has 3 rings (SSSR count). The summed E-state index contributed by atoms with van der Waals surface area (Å²) in [5.74, 6) is 0.838. The van der Waals surface area contributed by atoms with E-state index >= 15 is 0 Å². The Labute approximate surface area is 200 Å². The molecule has 1 atom stereocenters. The first kappa shape index (κ1) is 23.6. The van der Waals surface area contributed by atoms with Crippen molar-refractivity contribution in [3.05, 3.63) is 112 Å². The van der Waals surface area contributed by atoms with Crippen molar-refractivity contribution in [2.75, 3.05) is 7.11 Å². The van der Waals surface area contributed by atoms with Crippen LogP contribution in [0.15, 0.2) is 95.1 Å². The molecule has 0 spiro atoms. The third-order valence-electron chi connectivity index (χ3n) is 5.56. The lowest BCUT2D eigenvalue weighted by atomic mass is 9.79. The molecule has 0 aliphatic rings. The summed E-state index contributed by atoms with van der Waals surface area (Å²) in [6, 6.07) is 29.4. The Morgan fingerprint density at radius 1 is 0.806 bits per heavy atom. The largest absolute Gasteiger partial charge is 0.497 e. The van der Waals surface area contributed by atoms with E-state index in [1.165, 1.54) is 12.8 Å². The van der Waals surface area contributed by atoms with Gasteiger partial charge in [-0.2, -0.15) is 0 Å². The van der Waals surface area contributed by atoms with E-state index in [2.05, 4.69) is 112 Å². The molecule has 0 amide bonds. The number of unbranched alkanes of at least 4 members (excludes halogenated alkanes) is 2. The van der Waals surface area contributed by atoms with Crippen LogP contribution in [-0.4, -0.2) is 13.2 Å². The van der Waals surface area contributed by atoms with Crippen LogP contribution in [0.4, 0.5) is 0 Å². The van der Waals surface area contributed by atoms with Gasteiger partial charge in [-0.05, 0) is 45.4 Å². The molecule has 0 fully saturated rings. The molecule has 3 aromatic carbocycles. The van der Waals surface area contributed by atoms with Gasteiger partial charge in [0.1, 0.15) is 11.4 Å². The lowest BCUT2D eigenvalue weighted by Gasteiger charge is -2.38. The number of ether oxygens (including phenoxy) is 2. The molecule has 0 saturated heterocycles. The van der Waals surface area contributed by atoms with Gasteiger partial charge in [-0.25, -0.2) is 0 Å². The number of hydrogen-bond donors (Lipinski definition) is 0. The van der Waals surface area contributed by atoms with Crippen LogP contribution in [0, 0.1) is 0 Å². The van der Waals surface area contributed by atoms with Crippen LogP contribution >= 0.6 is 22.6 Å². The number of benzene rings is 3. The van der Waals surface area contributed by atoms with E-state index in [0.717, 1.165) is 35.3 Å². The van der Waals surface area contributed by atoms with Crippen molar-refractivity contribution >= 4 is 22.6 Å². The van der Waals surface area contributed by atoms with Gasteiger partial charge >= 0.3 is 0 Å². The van der Waals surface area contributed by atoms with E-state index in [0.29, 0.717) is 0 Å². The molecule has 31 heavy (non-hydrogen) atoms. The van der Waals surface area contributed by atoms with Crippen molar-refractivity contribution in [2.24, 2.45) is 0 Å². The predicted molar refractivity (Wildman–Crippen MR) is 138 cm³/mol. The minimum absolute atomic E-state index is 0.00552. The predicted octanol–water partition coefficient (Wildman–Crippen LogP) is 7.90. The number of hydrogen-bond acceptors (Lipinski definition) is 2. The lowest BCUT2D eigenvalue weighted by Crippen LogP contribution is -2.36. The molecule has 0 heterocycles. The maximum absolute atomic E-state index is 7.12. The van der Waals surface area contributed by atoms with Crippen LogP contribution < -0.4 is 4.74 Å². The number of rotatable bonds is 11. The van der Waals surface area contributed by atoms with Gasteiger partial charge in [-0.1, -0.05) is 122 Å². The van der Waals surface area contributed by atoms with Crippen molar-refractivity contribution in [1.29, 1.82) is 0 Å². The van der Waals surface area contributed by atoms with Crippen LogP contribution in [0.2, 0.25) is 0 Å². The summed E-state index contributed by atoms with van der Waals surface area (Å²) >= 11 is 2.29. The molecule has 3 heteroatoms. The molecule has 0 aliphatic heterocycles. The van der Waals surface area contributed by atoms with E-state index in [4.69, 9.17) is 9.47 Å². The molecule has 0 N–H and O–H groups in total. The molecule has 0 radical (unpaired) electrons. The van der Waals surface area contributed by atoms with Crippen LogP contribution in [0.5, 0.6) is 5.75 Å². The summed E-state index contributed by atoms with van der Waals surface area (Å²) in [7, 11) is 1.70. The van der Waals surface area contributed by atoms with Crippen LogP contribution in [-0.2, 0) is 10.3 Å². The Hall–Kier alpha value is -2.11. The average molecular weight is 526 g/mol. The first-order valence-electron chi connectivity index (χ1n) is 10.9. The second-order valence-corrected chi connectivity index (χ2v) is 8.33. The maximum atomic E-state index is 7.12. The molecule has 0 aromatic heterocycles. The third kappa shape index (κ3) is 5.78. The number of halogens is 1. The van der Waals surface area contributed by atoms with Gasteiger partial charge in [0.05, 0.1) is 13.2 Å². The van der Waals surface area contributed by atoms with Crippen LogP contribution in [0.3, 0.4) is 0 Å². The average Bonchev–Trinajstić information content (AvgIpc) is 2.84. The van der Waals surface area contributed by atoms with Gasteiger partial charge in [-0.3, -0.25) is 0 Å². The summed E-state index contributed by atoms with van der Waals surface area (Å²) in [6.45, 7) is 2.24. The summed E-state index contributed by atoms with van der Waals surface area (Å²) in [4.78, 5) is 0. The van der Waals surface area contributed by atoms with Gasteiger partial charge in [0.2, 0.25) is 0 Å². The summed E-state index contributed by atoms with van der Waals surface area (Å²) in [5.41, 5.74) is 2.61. The Morgan fingerprint density at radius 3 is 1.84 bits per heavy atom. The van der Waals surface area contributed by atoms with Crippen molar-refractivity contribution in [2.45, 2.75) is 44.3 Å². The zero-order valence-corrected chi connectivity index (χ0v) is 20.5. The molecule has 162 valence electrons. The molecule has 0 aliphatic carbocycles. The second kappa shape index (κ2) is 12.1. The van der Waals surface area contributed by atoms with E-state index in [9.17, 15) is 0 Å². The first-order valence-corrected chi connectivity index (χ1v) is 12.2. The molecular weight excluding hydrogens is 495 g/mol. The zero-order valence-electron chi connectivity index (χ0n) is 18.3. The SMILES string of the molecule is CCCCCC(C=CI)OC(c1ccccc1)(c1ccccc1)c1ccc(OC)cc1.